The number of carbonyl (C=O) groups excluding carboxylic acids is 2. The van der Waals surface area contributed by atoms with E-state index in [1.807, 2.05) is 37.3 Å². The van der Waals surface area contributed by atoms with E-state index in [-0.39, 0.29) is 11.8 Å². The van der Waals surface area contributed by atoms with E-state index in [4.69, 9.17) is 0 Å². The van der Waals surface area contributed by atoms with Gasteiger partial charge in [0.15, 0.2) is 0 Å². The molecule has 2 amide bonds. The number of hydrogen-bond donors (Lipinski definition) is 2. The second-order valence-corrected chi connectivity index (χ2v) is 5.67. The molecule has 3 rings (SSSR count). The summed E-state index contributed by atoms with van der Waals surface area (Å²) in [4.78, 5) is 29.0. The standard InChI is InChI=1S/C20H19N3O2/c1-2-11-22-19(24)15-7-3-8-16(13-15)20(25)23-17-10-4-6-14-9-5-12-21-18(14)17/h3-10,12-13H,2,11H2,1H3,(H,22,24)(H,23,25). The molecule has 0 fully saturated rings. The van der Waals surface area contributed by atoms with Crippen LogP contribution in [-0.4, -0.2) is 23.3 Å². The van der Waals surface area contributed by atoms with Crippen LogP contribution in [-0.2, 0) is 0 Å². The number of benzene rings is 2. The number of anilines is 1. The molecule has 0 saturated heterocycles. The number of para-hydroxylation sites is 1. The van der Waals surface area contributed by atoms with Gasteiger partial charge in [-0.05, 0) is 36.8 Å². The maximum absolute atomic E-state index is 12.6. The minimum absolute atomic E-state index is 0.177. The van der Waals surface area contributed by atoms with Gasteiger partial charge in [0.25, 0.3) is 11.8 Å². The quantitative estimate of drug-likeness (QED) is 0.749. The van der Waals surface area contributed by atoms with Gasteiger partial charge < -0.3 is 10.6 Å². The predicted octanol–water partition coefficient (Wildman–Crippen LogP) is 3.63. The molecule has 0 bridgehead atoms. The summed E-state index contributed by atoms with van der Waals surface area (Å²) >= 11 is 0. The smallest absolute Gasteiger partial charge is 0.255 e. The Labute approximate surface area is 146 Å². The number of carbonyl (C=O) groups is 2. The molecule has 2 aromatic carbocycles. The number of hydrogen-bond acceptors (Lipinski definition) is 3. The Morgan fingerprint density at radius 3 is 2.48 bits per heavy atom. The van der Waals surface area contributed by atoms with Crippen LogP contribution in [0.15, 0.2) is 60.8 Å². The number of aromatic nitrogens is 1. The van der Waals surface area contributed by atoms with Crippen molar-refractivity contribution >= 4 is 28.4 Å². The molecule has 0 spiro atoms. The van der Waals surface area contributed by atoms with Crippen LogP contribution < -0.4 is 10.6 Å². The van der Waals surface area contributed by atoms with Crippen LogP contribution in [0.5, 0.6) is 0 Å². The molecule has 0 aliphatic rings. The predicted molar refractivity (Wildman–Crippen MR) is 98.8 cm³/mol. The van der Waals surface area contributed by atoms with Crippen LogP contribution in [0.3, 0.4) is 0 Å². The first kappa shape index (κ1) is 16.6. The maximum Gasteiger partial charge on any atom is 0.255 e. The van der Waals surface area contributed by atoms with Gasteiger partial charge in [0.1, 0.15) is 0 Å². The molecule has 0 saturated carbocycles. The second-order valence-electron chi connectivity index (χ2n) is 5.67. The van der Waals surface area contributed by atoms with Crippen molar-refractivity contribution in [3.63, 3.8) is 0 Å². The highest BCUT2D eigenvalue weighted by Crippen LogP contribution is 2.21. The molecule has 0 unspecified atom stereocenters. The Hall–Kier alpha value is -3.21. The third-order valence-electron chi connectivity index (χ3n) is 3.80. The van der Waals surface area contributed by atoms with Crippen molar-refractivity contribution in [2.24, 2.45) is 0 Å². The lowest BCUT2D eigenvalue weighted by molar-refractivity contribution is 0.0953. The summed E-state index contributed by atoms with van der Waals surface area (Å²) in [5.41, 5.74) is 2.27. The summed E-state index contributed by atoms with van der Waals surface area (Å²) in [6.45, 7) is 2.60. The van der Waals surface area contributed by atoms with Crippen molar-refractivity contribution in [2.45, 2.75) is 13.3 Å². The largest absolute Gasteiger partial charge is 0.352 e. The van der Waals surface area contributed by atoms with E-state index in [2.05, 4.69) is 15.6 Å². The van der Waals surface area contributed by atoms with E-state index in [9.17, 15) is 9.59 Å². The summed E-state index contributed by atoms with van der Waals surface area (Å²) in [6.07, 6.45) is 2.55. The first-order chi connectivity index (χ1) is 12.2. The van der Waals surface area contributed by atoms with Crippen LogP contribution in [0, 0.1) is 0 Å². The zero-order chi connectivity index (χ0) is 17.6. The Bertz CT molecular complexity index is 916. The molecule has 0 aliphatic heterocycles. The highest BCUT2D eigenvalue weighted by atomic mass is 16.2. The first-order valence-corrected chi connectivity index (χ1v) is 8.22. The molecular weight excluding hydrogens is 314 g/mol. The topological polar surface area (TPSA) is 71.1 Å². The van der Waals surface area contributed by atoms with Crippen molar-refractivity contribution in [1.29, 1.82) is 0 Å². The summed E-state index contributed by atoms with van der Waals surface area (Å²) in [5, 5.41) is 6.64. The van der Waals surface area contributed by atoms with Gasteiger partial charge in [-0.1, -0.05) is 31.2 Å². The monoisotopic (exact) mass is 333 g/mol. The lowest BCUT2D eigenvalue weighted by Gasteiger charge is -2.09. The van der Waals surface area contributed by atoms with Gasteiger partial charge in [-0.2, -0.15) is 0 Å². The number of amides is 2. The number of nitrogens with zero attached hydrogens (tertiary/aromatic N) is 1. The van der Waals surface area contributed by atoms with Gasteiger partial charge in [0.2, 0.25) is 0 Å². The molecule has 3 aromatic rings. The molecule has 0 atom stereocenters. The summed E-state index contributed by atoms with van der Waals surface area (Å²) < 4.78 is 0. The molecule has 5 heteroatoms. The minimum Gasteiger partial charge on any atom is -0.352 e. The molecule has 0 radical (unpaired) electrons. The number of pyridine rings is 1. The molecule has 2 N–H and O–H groups in total. The first-order valence-electron chi connectivity index (χ1n) is 8.22. The Kier molecular flexibility index (Phi) is 5.04. The van der Waals surface area contributed by atoms with E-state index in [1.165, 1.54) is 0 Å². The average molecular weight is 333 g/mol. The van der Waals surface area contributed by atoms with E-state index in [0.29, 0.717) is 23.4 Å². The number of nitrogens with one attached hydrogen (secondary N) is 2. The van der Waals surface area contributed by atoms with Crippen molar-refractivity contribution < 1.29 is 9.59 Å². The normalized spacial score (nSPS) is 10.4. The summed E-state index contributed by atoms with van der Waals surface area (Å²) in [7, 11) is 0. The van der Waals surface area contributed by atoms with Gasteiger partial charge in [-0.15, -0.1) is 0 Å². The molecule has 25 heavy (non-hydrogen) atoms. The zero-order valence-electron chi connectivity index (χ0n) is 14.0. The van der Waals surface area contributed by atoms with Crippen molar-refractivity contribution in [3.05, 3.63) is 71.9 Å². The van der Waals surface area contributed by atoms with Gasteiger partial charge in [0, 0.05) is 29.3 Å². The van der Waals surface area contributed by atoms with E-state index in [1.54, 1.807) is 30.5 Å². The highest BCUT2D eigenvalue weighted by Gasteiger charge is 2.12. The summed E-state index contributed by atoms with van der Waals surface area (Å²) in [5.74, 6) is -0.452. The fourth-order valence-electron chi connectivity index (χ4n) is 2.54. The third-order valence-corrected chi connectivity index (χ3v) is 3.80. The Balaban J connectivity index is 1.82. The van der Waals surface area contributed by atoms with Crippen LogP contribution in [0.2, 0.25) is 0 Å². The zero-order valence-corrected chi connectivity index (χ0v) is 14.0. The van der Waals surface area contributed by atoms with Gasteiger partial charge in [-0.3, -0.25) is 14.6 Å². The maximum atomic E-state index is 12.6. The lowest BCUT2D eigenvalue weighted by Crippen LogP contribution is -2.24. The van der Waals surface area contributed by atoms with Crippen molar-refractivity contribution in [2.75, 3.05) is 11.9 Å². The molecule has 0 aliphatic carbocycles. The third kappa shape index (κ3) is 3.83. The molecule has 1 aromatic heterocycles. The fraction of sp³-hybridized carbons (Fsp3) is 0.150. The summed E-state index contributed by atoms with van der Waals surface area (Å²) in [6, 6.07) is 16.1. The Morgan fingerprint density at radius 2 is 1.68 bits per heavy atom. The van der Waals surface area contributed by atoms with Crippen molar-refractivity contribution in [1.82, 2.24) is 10.3 Å². The van der Waals surface area contributed by atoms with Crippen LogP contribution in [0.1, 0.15) is 34.1 Å². The highest BCUT2D eigenvalue weighted by molar-refractivity contribution is 6.09. The van der Waals surface area contributed by atoms with Crippen LogP contribution >= 0.6 is 0 Å². The minimum atomic E-state index is -0.275. The van der Waals surface area contributed by atoms with Crippen molar-refractivity contribution in [3.8, 4) is 0 Å². The SMILES string of the molecule is CCCNC(=O)c1cccc(C(=O)Nc2cccc3cccnc23)c1. The van der Waals surface area contributed by atoms with Crippen LogP contribution in [0.4, 0.5) is 5.69 Å². The molecule has 126 valence electrons. The average Bonchev–Trinajstić information content (AvgIpc) is 2.66. The van der Waals surface area contributed by atoms with E-state index >= 15 is 0 Å². The van der Waals surface area contributed by atoms with E-state index < -0.39 is 0 Å². The van der Waals surface area contributed by atoms with E-state index in [0.717, 1.165) is 17.3 Å². The molecular formula is C20H19N3O2. The Morgan fingerprint density at radius 1 is 0.960 bits per heavy atom. The number of fused-ring (bicyclic) bond motifs is 1. The number of rotatable bonds is 5. The van der Waals surface area contributed by atoms with Gasteiger partial charge in [0.05, 0.1) is 11.2 Å². The van der Waals surface area contributed by atoms with Gasteiger partial charge in [-0.25, -0.2) is 0 Å². The lowest BCUT2D eigenvalue weighted by atomic mass is 10.1. The second kappa shape index (κ2) is 7.57. The molecule has 5 nitrogen and oxygen atoms in total. The van der Waals surface area contributed by atoms with Gasteiger partial charge >= 0.3 is 0 Å². The molecule has 1 heterocycles. The van der Waals surface area contributed by atoms with Crippen LogP contribution in [0.25, 0.3) is 10.9 Å². The fourth-order valence-corrected chi connectivity index (χ4v) is 2.54.